The molecule has 140 valence electrons. The monoisotopic (exact) mass is 395 g/mol. The predicted molar refractivity (Wildman–Crippen MR) is 99.4 cm³/mol. The van der Waals surface area contributed by atoms with Crippen LogP contribution in [0, 0.1) is 0 Å². The number of amides is 1. The summed E-state index contributed by atoms with van der Waals surface area (Å²) in [6.07, 6.45) is 3.87. The van der Waals surface area contributed by atoms with Gasteiger partial charge in [-0.05, 0) is 25.5 Å². The lowest BCUT2D eigenvalue weighted by atomic mass is 10.2. The molecule has 1 fully saturated rings. The molecule has 0 aliphatic carbocycles. The second kappa shape index (κ2) is 7.36. The van der Waals surface area contributed by atoms with E-state index >= 15 is 0 Å². The van der Waals surface area contributed by atoms with Crippen LogP contribution < -0.4 is 0 Å². The fourth-order valence-corrected chi connectivity index (χ4v) is 5.62. The zero-order valence-electron chi connectivity index (χ0n) is 14.9. The maximum atomic E-state index is 12.7. The molecule has 0 spiro atoms. The third-order valence-corrected chi connectivity index (χ3v) is 7.38. The Balaban J connectivity index is 1.69. The van der Waals surface area contributed by atoms with E-state index < -0.39 is 15.1 Å². The molecule has 1 saturated heterocycles. The average Bonchev–Trinajstić information content (AvgIpc) is 3.17. The SMILES string of the molecule is C[C@H](Sc1nnc(-c2ccncc2)n1C)C(=O)N(C)[C@H]1CCS(=O)(=O)C1. The summed E-state index contributed by atoms with van der Waals surface area (Å²) in [6, 6.07) is 3.45. The quantitative estimate of drug-likeness (QED) is 0.697. The summed E-state index contributed by atoms with van der Waals surface area (Å²) in [4.78, 5) is 18.2. The zero-order chi connectivity index (χ0) is 18.9. The lowest BCUT2D eigenvalue weighted by Crippen LogP contribution is -2.41. The Bertz CT molecular complexity index is 898. The van der Waals surface area contributed by atoms with E-state index in [0.29, 0.717) is 17.4 Å². The lowest BCUT2D eigenvalue weighted by Gasteiger charge is -2.26. The van der Waals surface area contributed by atoms with Crippen LogP contribution in [0.3, 0.4) is 0 Å². The van der Waals surface area contributed by atoms with Gasteiger partial charge in [-0.3, -0.25) is 9.78 Å². The van der Waals surface area contributed by atoms with E-state index in [9.17, 15) is 13.2 Å². The van der Waals surface area contributed by atoms with Gasteiger partial charge in [-0.1, -0.05) is 11.8 Å². The molecular formula is C16H21N5O3S2. The highest BCUT2D eigenvalue weighted by Crippen LogP contribution is 2.27. The molecule has 10 heteroatoms. The minimum absolute atomic E-state index is 0.0444. The zero-order valence-corrected chi connectivity index (χ0v) is 16.5. The largest absolute Gasteiger partial charge is 0.341 e. The number of nitrogens with zero attached hydrogens (tertiary/aromatic N) is 5. The molecule has 3 rings (SSSR count). The van der Waals surface area contributed by atoms with Crippen LogP contribution in [-0.4, -0.2) is 68.8 Å². The van der Waals surface area contributed by atoms with Crippen molar-refractivity contribution in [3.05, 3.63) is 24.5 Å². The van der Waals surface area contributed by atoms with Crippen LogP contribution in [0.25, 0.3) is 11.4 Å². The van der Waals surface area contributed by atoms with Crippen LogP contribution >= 0.6 is 11.8 Å². The van der Waals surface area contributed by atoms with Crippen LogP contribution in [0.5, 0.6) is 0 Å². The van der Waals surface area contributed by atoms with Crippen molar-refractivity contribution in [2.45, 2.75) is 29.8 Å². The number of rotatable bonds is 5. The highest BCUT2D eigenvalue weighted by Gasteiger charge is 2.34. The van der Waals surface area contributed by atoms with Crippen LogP contribution in [0.4, 0.5) is 0 Å². The van der Waals surface area contributed by atoms with Crippen LogP contribution in [0.2, 0.25) is 0 Å². The molecule has 1 amide bonds. The summed E-state index contributed by atoms with van der Waals surface area (Å²) in [5, 5.41) is 8.62. The summed E-state index contributed by atoms with van der Waals surface area (Å²) in [5.41, 5.74) is 0.897. The number of carbonyl (C=O) groups excluding carboxylic acids is 1. The maximum absolute atomic E-state index is 12.7. The van der Waals surface area contributed by atoms with Crippen LogP contribution in [0.15, 0.2) is 29.7 Å². The minimum atomic E-state index is -3.02. The van der Waals surface area contributed by atoms with E-state index in [1.165, 1.54) is 11.8 Å². The van der Waals surface area contributed by atoms with E-state index in [0.717, 1.165) is 5.56 Å². The second-order valence-corrected chi connectivity index (χ2v) is 9.90. The molecule has 1 aliphatic heterocycles. The summed E-state index contributed by atoms with van der Waals surface area (Å²) in [5.74, 6) is 0.786. The summed E-state index contributed by atoms with van der Waals surface area (Å²) >= 11 is 1.31. The van der Waals surface area contributed by atoms with Crippen molar-refractivity contribution in [3.63, 3.8) is 0 Å². The molecule has 2 aromatic rings. The topological polar surface area (TPSA) is 98.1 Å². The lowest BCUT2D eigenvalue weighted by molar-refractivity contribution is -0.130. The molecule has 0 radical (unpaired) electrons. The van der Waals surface area contributed by atoms with Crippen LogP contribution in [-0.2, 0) is 21.7 Å². The van der Waals surface area contributed by atoms with Gasteiger partial charge in [0.05, 0.1) is 16.8 Å². The fourth-order valence-electron chi connectivity index (χ4n) is 2.93. The van der Waals surface area contributed by atoms with Crippen molar-refractivity contribution in [2.24, 2.45) is 7.05 Å². The van der Waals surface area contributed by atoms with Gasteiger partial charge in [0.2, 0.25) is 5.91 Å². The van der Waals surface area contributed by atoms with Gasteiger partial charge in [0, 0.05) is 38.1 Å². The van der Waals surface area contributed by atoms with Gasteiger partial charge in [-0.25, -0.2) is 8.42 Å². The molecule has 2 aromatic heterocycles. The molecular weight excluding hydrogens is 374 g/mol. The van der Waals surface area contributed by atoms with Crippen molar-refractivity contribution in [1.82, 2.24) is 24.6 Å². The first-order chi connectivity index (χ1) is 12.3. The summed E-state index contributed by atoms with van der Waals surface area (Å²) < 4.78 is 25.1. The van der Waals surface area contributed by atoms with Gasteiger partial charge in [0.15, 0.2) is 20.8 Å². The molecule has 0 aromatic carbocycles. The first kappa shape index (κ1) is 18.8. The van der Waals surface area contributed by atoms with E-state index in [4.69, 9.17) is 0 Å². The Kier molecular flexibility index (Phi) is 5.33. The number of carbonyl (C=O) groups is 1. The van der Waals surface area contributed by atoms with Gasteiger partial charge >= 0.3 is 0 Å². The minimum Gasteiger partial charge on any atom is -0.341 e. The maximum Gasteiger partial charge on any atom is 0.235 e. The Hall–Kier alpha value is -1.94. The van der Waals surface area contributed by atoms with E-state index in [2.05, 4.69) is 15.2 Å². The normalized spacial score (nSPS) is 20.0. The van der Waals surface area contributed by atoms with Crippen molar-refractivity contribution in [3.8, 4) is 11.4 Å². The molecule has 3 heterocycles. The molecule has 1 aliphatic rings. The summed E-state index contributed by atoms with van der Waals surface area (Å²) in [6.45, 7) is 1.80. The Morgan fingerprint density at radius 3 is 2.65 bits per heavy atom. The number of sulfone groups is 1. The highest BCUT2D eigenvalue weighted by molar-refractivity contribution is 8.00. The smallest absolute Gasteiger partial charge is 0.235 e. The number of pyridine rings is 1. The Labute approximate surface area is 156 Å². The van der Waals surface area contributed by atoms with Crippen molar-refractivity contribution in [1.29, 1.82) is 0 Å². The fraction of sp³-hybridized carbons (Fsp3) is 0.500. The van der Waals surface area contributed by atoms with E-state index in [1.54, 1.807) is 31.3 Å². The van der Waals surface area contributed by atoms with Gasteiger partial charge in [0.25, 0.3) is 0 Å². The van der Waals surface area contributed by atoms with Crippen molar-refractivity contribution < 1.29 is 13.2 Å². The molecule has 26 heavy (non-hydrogen) atoms. The molecule has 8 nitrogen and oxygen atoms in total. The van der Waals surface area contributed by atoms with Gasteiger partial charge in [0.1, 0.15) is 0 Å². The van der Waals surface area contributed by atoms with Crippen molar-refractivity contribution in [2.75, 3.05) is 18.6 Å². The first-order valence-corrected chi connectivity index (χ1v) is 10.9. The third kappa shape index (κ3) is 3.90. The highest BCUT2D eigenvalue weighted by atomic mass is 32.2. The van der Waals surface area contributed by atoms with Gasteiger partial charge < -0.3 is 9.47 Å². The number of thioether (sulfide) groups is 1. The molecule has 0 bridgehead atoms. The molecule has 0 unspecified atom stereocenters. The Morgan fingerprint density at radius 1 is 1.35 bits per heavy atom. The average molecular weight is 396 g/mol. The number of aromatic nitrogens is 4. The molecule has 2 atom stereocenters. The Morgan fingerprint density at radius 2 is 2.04 bits per heavy atom. The van der Waals surface area contributed by atoms with Gasteiger partial charge in [-0.15, -0.1) is 10.2 Å². The summed E-state index contributed by atoms with van der Waals surface area (Å²) in [7, 11) is 0.495. The van der Waals surface area contributed by atoms with Gasteiger partial charge in [-0.2, -0.15) is 0 Å². The third-order valence-electron chi connectivity index (χ3n) is 4.51. The number of hydrogen-bond acceptors (Lipinski definition) is 7. The number of hydrogen-bond donors (Lipinski definition) is 0. The van der Waals surface area contributed by atoms with E-state index in [1.807, 2.05) is 23.7 Å². The van der Waals surface area contributed by atoms with E-state index in [-0.39, 0.29) is 23.5 Å². The first-order valence-electron chi connectivity index (χ1n) is 8.22. The molecule has 0 saturated carbocycles. The van der Waals surface area contributed by atoms with Crippen LogP contribution in [0.1, 0.15) is 13.3 Å². The standard InChI is InChI=1S/C16H21N5O3S2/c1-11(15(22)20(2)13-6-9-26(23,24)10-13)25-16-19-18-14(21(16)3)12-4-7-17-8-5-12/h4-5,7-8,11,13H,6,9-10H2,1-3H3/t11-,13-/m0/s1. The van der Waals surface area contributed by atoms with Crippen molar-refractivity contribution >= 4 is 27.5 Å². The predicted octanol–water partition coefficient (Wildman–Crippen LogP) is 1.00. The second-order valence-electron chi connectivity index (χ2n) is 6.37. The molecule has 0 N–H and O–H groups in total.